The quantitative estimate of drug-likeness (QED) is 0.676. The van der Waals surface area contributed by atoms with E-state index in [0.717, 1.165) is 24.6 Å². The first-order valence-electron chi connectivity index (χ1n) is 4.25. The molecule has 2 N–H and O–H groups in total. The minimum atomic E-state index is 0.569. The third-order valence-electron chi connectivity index (χ3n) is 2.02. The molecule has 0 amide bonds. The molecule has 0 unspecified atom stereocenters. The molecule has 1 aliphatic rings. The number of rotatable bonds is 2. The van der Waals surface area contributed by atoms with Crippen LogP contribution in [0, 0.1) is 6.92 Å². The van der Waals surface area contributed by atoms with Crippen molar-refractivity contribution in [2.45, 2.75) is 13.0 Å². The molecule has 0 aliphatic carbocycles. The van der Waals surface area contributed by atoms with Crippen LogP contribution in [0.4, 0.5) is 5.82 Å². The molecule has 2 heterocycles. The van der Waals surface area contributed by atoms with Crippen molar-refractivity contribution < 1.29 is 0 Å². The molecule has 1 aromatic rings. The maximum Gasteiger partial charge on any atom is 0.126 e. The van der Waals surface area contributed by atoms with E-state index in [4.69, 9.17) is 0 Å². The van der Waals surface area contributed by atoms with Crippen LogP contribution in [-0.2, 0) is 0 Å². The van der Waals surface area contributed by atoms with Crippen molar-refractivity contribution in [3.8, 4) is 0 Å². The second-order valence-corrected chi connectivity index (χ2v) is 3.16. The Bertz CT molecular complexity index is 268. The highest BCUT2D eigenvalue weighted by Gasteiger charge is 2.15. The van der Waals surface area contributed by atoms with Gasteiger partial charge in [0.05, 0.1) is 6.04 Å². The molecular formula is C9H13N3. The molecule has 2 rings (SSSR count). The van der Waals surface area contributed by atoms with Crippen molar-refractivity contribution in [3.63, 3.8) is 0 Å². The molecule has 1 aromatic heterocycles. The maximum absolute atomic E-state index is 4.36. The molecule has 0 aromatic carbocycles. The predicted octanol–water partition coefficient (Wildman–Crippen LogP) is 0.774. The van der Waals surface area contributed by atoms with Crippen molar-refractivity contribution in [2.75, 3.05) is 18.4 Å². The van der Waals surface area contributed by atoms with E-state index in [0.29, 0.717) is 6.04 Å². The van der Waals surface area contributed by atoms with Gasteiger partial charge >= 0.3 is 0 Å². The van der Waals surface area contributed by atoms with Gasteiger partial charge in [-0.05, 0) is 19.1 Å². The van der Waals surface area contributed by atoms with Gasteiger partial charge in [0.15, 0.2) is 0 Å². The largest absolute Gasteiger partial charge is 0.365 e. The van der Waals surface area contributed by atoms with E-state index < -0.39 is 0 Å². The number of aryl methyl sites for hydroxylation is 1. The van der Waals surface area contributed by atoms with Crippen LogP contribution in [0.15, 0.2) is 18.2 Å². The summed E-state index contributed by atoms with van der Waals surface area (Å²) in [5, 5.41) is 6.55. The molecule has 0 spiro atoms. The molecule has 0 radical (unpaired) electrons. The van der Waals surface area contributed by atoms with Crippen LogP contribution in [0.25, 0.3) is 0 Å². The Morgan fingerprint density at radius 1 is 1.50 bits per heavy atom. The van der Waals surface area contributed by atoms with Crippen molar-refractivity contribution in [3.05, 3.63) is 23.9 Å². The van der Waals surface area contributed by atoms with E-state index in [1.807, 2.05) is 25.1 Å². The standard InChI is InChI=1S/C9H13N3/c1-7-3-2-4-9(11-7)12-8-5-10-6-8/h2-4,8,10H,5-6H2,1H3,(H,11,12). The zero-order valence-electron chi connectivity index (χ0n) is 7.17. The first-order valence-corrected chi connectivity index (χ1v) is 4.25. The average Bonchev–Trinajstić information content (AvgIpc) is 1.97. The van der Waals surface area contributed by atoms with Crippen LogP contribution in [0.5, 0.6) is 0 Å². The first-order chi connectivity index (χ1) is 5.84. The van der Waals surface area contributed by atoms with Crippen LogP contribution in [0.1, 0.15) is 5.69 Å². The number of nitrogens with zero attached hydrogens (tertiary/aromatic N) is 1. The van der Waals surface area contributed by atoms with E-state index in [-0.39, 0.29) is 0 Å². The Morgan fingerprint density at radius 3 is 2.92 bits per heavy atom. The van der Waals surface area contributed by atoms with Crippen molar-refractivity contribution in [1.29, 1.82) is 0 Å². The molecule has 1 aliphatic heterocycles. The van der Waals surface area contributed by atoms with Crippen molar-refractivity contribution in [1.82, 2.24) is 10.3 Å². The minimum Gasteiger partial charge on any atom is -0.365 e. The van der Waals surface area contributed by atoms with Crippen LogP contribution in [-0.4, -0.2) is 24.1 Å². The van der Waals surface area contributed by atoms with Crippen molar-refractivity contribution >= 4 is 5.82 Å². The molecule has 1 fully saturated rings. The molecule has 3 heteroatoms. The summed E-state index contributed by atoms with van der Waals surface area (Å²) < 4.78 is 0. The third kappa shape index (κ3) is 1.56. The van der Waals surface area contributed by atoms with Gasteiger partial charge in [-0.25, -0.2) is 4.98 Å². The second kappa shape index (κ2) is 3.11. The van der Waals surface area contributed by atoms with E-state index >= 15 is 0 Å². The van der Waals surface area contributed by atoms with Gasteiger partial charge in [0.25, 0.3) is 0 Å². The Balaban J connectivity index is 2.02. The Hall–Kier alpha value is -1.09. The number of anilines is 1. The van der Waals surface area contributed by atoms with Crippen molar-refractivity contribution in [2.24, 2.45) is 0 Å². The van der Waals surface area contributed by atoms with E-state index in [2.05, 4.69) is 15.6 Å². The highest BCUT2D eigenvalue weighted by molar-refractivity contribution is 5.37. The zero-order chi connectivity index (χ0) is 8.39. The minimum absolute atomic E-state index is 0.569. The van der Waals surface area contributed by atoms with Crippen LogP contribution < -0.4 is 10.6 Å². The van der Waals surface area contributed by atoms with Gasteiger partial charge in [-0.3, -0.25) is 0 Å². The third-order valence-corrected chi connectivity index (χ3v) is 2.02. The van der Waals surface area contributed by atoms with Gasteiger partial charge in [-0.15, -0.1) is 0 Å². The number of pyridine rings is 1. The summed E-state index contributed by atoms with van der Waals surface area (Å²) in [7, 11) is 0. The number of hydrogen-bond acceptors (Lipinski definition) is 3. The summed E-state index contributed by atoms with van der Waals surface area (Å²) in [6.45, 7) is 4.11. The lowest BCUT2D eigenvalue weighted by atomic mass is 10.2. The first kappa shape index (κ1) is 7.55. The summed E-state index contributed by atoms with van der Waals surface area (Å²) >= 11 is 0. The molecule has 1 saturated heterocycles. The molecule has 12 heavy (non-hydrogen) atoms. The maximum atomic E-state index is 4.36. The molecule has 3 nitrogen and oxygen atoms in total. The highest BCUT2D eigenvalue weighted by Crippen LogP contribution is 2.07. The Kier molecular flexibility index (Phi) is 1.96. The fraction of sp³-hybridized carbons (Fsp3) is 0.444. The van der Waals surface area contributed by atoms with Crippen LogP contribution >= 0.6 is 0 Å². The lowest BCUT2D eigenvalue weighted by molar-refractivity contribution is 0.471. The summed E-state index contributed by atoms with van der Waals surface area (Å²) in [4.78, 5) is 4.36. The molecule has 0 saturated carbocycles. The fourth-order valence-electron chi connectivity index (χ4n) is 1.22. The lowest BCUT2D eigenvalue weighted by Gasteiger charge is -2.28. The monoisotopic (exact) mass is 163 g/mol. The summed E-state index contributed by atoms with van der Waals surface area (Å²) in [5.74, 6) is 0.988. The fourth-order valence-corrected chi connectivity index (χ4v) is 1.22. The zero-order valence-corrected chi connectivity index (χ0v) is 7.17. The van der Waals surface area contributed by atoms with E-state index in [9.17, 15) is 0 Å². The van der Waals surface area contributed by atoms with Gasteiger partial charge in [0.2, 0.25) is 0 Å². The van der Waals surface area contributed by atoms with Gasteiger partial charge in [0.1, 0.15) is 5.82 Å². The molecule has 0 atom stereocenters. The van der Waals surface area contributed by atoms with Gasteiger partial charge in [-0.1, -0.05) is 6.07 Å². The Labute approximate surface area is 72.2 Å². The van der Waals surface area contributed by atoms with Gasteiger partial charge in [0, 0.05) is 18.8 Å². The van der Waals surface area contributed by atoms with E-state index in [1.54, 1.807) is 0 Å². The average molecular weight is 163 g/mol. The highest BCUT2D eigenvalue weighted by atomic mass is 15.1. The van der Waals surface area contributed by atoms with Crippen LogP contribution in [0.2, 0.25) is 0 Å². The lowest BCUT2D eigenvalue weighted by Crippen LogP contribution is -2.51. The second-order valence-electron chi connectivity index (χ2n) is 3.16. The van der Waals surface area contributed by atoms with Crippen LogP contribution in [0.3, 0.4) is 0 Å². The molecule has 0 bridgehead atoms. The molecule has 64 valence electrons. The summed E-state index contributed by atoms with van der Waals surface area (Å²) in [6, 6.07) is 6.60. The number of aromatic nitrogens is 1. The predicted molar refractivity (Wildman–Crippen MR) is 49.3 cm³/mol. The summed E-state index contributed by atoms with van der Waals surface area (Å²) in [6.07, 6.45) is 0. The summed E-state index contributed by atoms with van der Waals surface area (Å²) in [5.41, 5.74) is 1.06. The normalized spacial score (nSPS) is 17.1. The number of nitrogens with one attached hydrogen (secondary N) is 2. The number of hydrogen-bond donors (Lipinski definition) is 2. The smallest absolute Gasteiger partial charge is 0.126 e. The molecular weight excluding hydrogens is 150 g/mol. The van der Waals surface area contributed by atoms with Gasteiger partial charge in [-0.2, -0.15) is 0 Å². The van der Waals surface area contributed by atoms with Gasteiger partial charge < -0.3 is 10.6 Å². The Morgan fingerprint density at radius 2 is 2.33 bits per heavy atom. The SMILES string of the molecule is Cc1cccc(NC2CNC2)n1. The topological polar surface area (TPSA) is 37.0 Å². The van der Waals surface area contributed by atoms with E-state index in [1.165, 1.54) is 0 Å².